The Balaban J connectivity index is 2.42. The first-order chi connectivity index (χ1) is 9.17. The number of carbonyl (C=O) groups is 1. The van der Waals surface area contributed by atoms with Crippen molar-refractivity contribution in [2.24, 2.45) is 0 Å². The normalized spacial score (nSPS) is 11.2. The molecule has 0 amide bonds. The zero-order valence-corrected chi connectivity index (χ0v) is 11.9. The number of allylic oxidation sites excluding steroid dienone is 1. The second-order valence-electron chi connectivity index (χ2n) is 4.45. The lowest BCUT2D eigenvalue weighted by Gasteiger charge is -2.06. The van der Waals surface area contributed by atoms with E-state index in [9.17, 15) is 4.79 Å². The first-order valence-corrected chi connectivity index (χ1v) is 6.64. The molecule has 0 radical (unpaired) electrons. The summed E-state index contributed by atoms with van der Waals surface area (Å²) < 4.78 is 10.3. The minimum absolute atomic E-state index is 0.244. The lowest BCUT2D eigenvalue weighted by Crippen LogP contribution is -2.05. The molecule has 0 atom stereocenters. The van der Waals surface area contributed by atoms with Crippen LogP contribution in [-0.2, 0) is 16.1 Å². The van der Waals surface area contributed by atoms with Crippen LogP contribution in [0.2, 0.25) is 0 Å². The molecule has 0 aliphatic carbocycles. The van der Waals surface area contributed by atoms with Crippen LogP contribution in [0, 0.1) is 0 Å². The highest BCUT2D eigenvalue weighted by atomic mass is 16.5. The number of methoxy groups -OCH3 is 1. The fraction of sp³-hybridized carbons (Fsp3) is 0.438. The number of hydrogen-bond donors (Lipinski definition) is 0. The molecule has 1 aromatic carbocycles. The Labute approximate surface area is 115 Å². The van der Waals surface area contributed by atoms with E-state index in [1.807, 2.05) is 30.3 Å². The summed E-state index contributed by atoms with van der Waals surface area (Å²) in [5.41, 5.74) is 1.64. The number of carbonyl (C=O) groups excluding carboxylic acids is 1. The van der Waals surface area contributed by atoms with Crippen LogP contribution in [0.4, 0.5) is 0 Å². The zero-order chi connectivity index (χ0) is 14.1. The van der Waals surface area contributed by atoms with Crippen LogP contribution < -0.4 is 4.74 Å². The van der Waals surface area contributed by atoms with E-state index in [1.165, 1.54) is 0 Å². The number of unbranched alkanes of at least 4 members (excludes halogenated alkanes) is 2. The van der Waals surface area contributed by atoms with Gasteiger partial charge in [-0.15, -0.1) is 0 Å². The molecule has 0 unspecified atom stereocenters. The van der Waals surface area contributed by atoms with Gasteiger partial charge in [0.05, 0.1) is 7.11 Å². The maximum Gasteiger partial charge on any atom is 0.333 e. The van der Waals surface area contributed by atoms with Crippen LogP contribution in [-0.4, -0.2) is 13.1 Å². The number of benzene rings is 1. The second kappa shape index (κ2) is 8.35. The van der Waals surface area contributed by atoms with E-state index in [-0.39, 0.29) is 5.97 Å². The van der Waals surface area contributed by atoms with Gasteiger partial charge < -0.3 is 9.47 Å². The number of ether oxygens (including phenoxy) is 2. The summed E-state index contributed by atoms with van der Waals surface area (Å²) in [5, 5.41) is 0. The standard InChI is InChI=1S/C16H22O3/c1-4-5-6-7-13(2)16(17)19-12-14-8-10-15(18-3)11-9-14/h7-11H,4-6,12H2,1-3H3/b13-7-. The minimum Gasteiger partial charge on any atom is -0.497 e. The van der Waals surface area contributed by atoms with E-state index >= 15 is 0 Å². The van der Waals surface area contributed by atoms with Crippen molar-refractivity contribution in [3.63, 3.8) is 0 Å². The summed E-state index contributed by atoms with van der Waals surface area (Å²) in [7, 11) is 1.62. The third-order valence-corrected chi connectivity index (χ3v) is 2.86. The van der Waals surface area contributed by atoms with Gasteiger partial charge in [-0.3, -0.25) is 0 Å². The molecular formula is C16H22O3. The predicted octanol–water partition coefficient (Wildman–Crippen LogP) is 3.87. The van der Waals surface area contributed by atoms with Crippen molar-refractivity contribution in [3.8, 4) is 5.75 Å². The predicted molar refractivity (Wildman–Crippen MR) is 76.1 cm³/mol. The summed E-state index contributed by atoms with van der Waals surface area (Å²) in [6, 6.07) is 7.49. The Hall–Kier alpha value is -1.77. The first-order valence-electron chi connectivity index (χ1n) is 6.64. The number of esters is 1. The van der Waals surface area contributed by atoms with Gasteiger partial charge in [-0.2, -0.15) is 0 Å². The molecule has 0 bridgehead atoms. The van der Waals surface area contributed by atoms with Gasteiger partial charge in [-0.05, 0) is 31.0 Å². The van der Waals surface area contributed by atoms with E-state index in [0.717, 1.165) is 30.6 Å². The minimum atomic E-state index is -0.244. The van der Waals surface area contributed by atoms with Crippen LogP contribution in [0.1, 0.15) is 38.7 Å². The average molecular weight is 262 g/mol. The largest absolute Gasteiger partial charge is 0.497 e. The van der Waals surface area contributed by atoms with Crippen LogP contribution in [0.3, 0.4) is 0 Å². The molecular weight excluding hydrogens is 240 g/mol. The van der Waals surface area contributed by atoms with Crippen molar-refractivity contribution in [3.05, 3.63) is 41.5 Å². The number of rotatable bonds is 7. The van der Waals surface area contributed by atoms with Crippen molar-refractivity contribution in [1.29, 1.82) is 0 Å². The molecule has 19 heavy (non-hydrogen) atoms. The Morgan fingerprint density at radius 3 is 2.53 bits per heavy atom. The molecule has 0 aliphatic rings. The monoisotopic (exact) mass is 262 g/mol. The summed E-state index contributed by atoms with van der Waals surface area (Å²) in [6.45, 7) is 4.22. The maximum atomic E-state index is 11.7. The van der Waals surface area contributed by atoms with Gasteiger partial charge in [0, 0.05) is 5.57 Å². The highest BCUT2D eigenvalue weighted by Gasteiger charge is 2.05. The van der Waals surface area contributed by atoms with Gasteiger partial charge in [0.25, 0.3) is 0 Å². The Morgan fingerprint density at radius 2 is 1.95 bits per heavy atom. The second-order valence-corrected chi connectivity index (χ2v) is 4.45. The zero-order valence-electron chi connectivity index (χ0n) is 11.9. The van der Waals surface area contributed by atoms with Gasteiger partial charge in [-0.25, -0.2) is 4.79 Å². The highest BCUT2D eigenvalue weighted by molar-refractivity contribution is 5.87. The summed E-state index contributed by atoms with van der Waals surface area (Å²) in [4.78, 5) is 11.7. The smallest absolute Gasteiger partial charge is 0.333 e. The van der Waals surface area contributed by atoms with Crippen molar-refractivity contribution < 1.29 is 14.3 Å². The molecule has 0 aromatic heterocycles. The van der Waals surface area contributed by atoms with Gasteiger partial charge in [-0.1, -0.05) is 38.0 Å². The summed E-state index contributed by atoms with van der Waals surface area (Å²) in [6.07, 6.45) is 5.10. The fourth-order valence-corrected chi connectivity index (χ4v) is 1.59. The van der Waals surface area contributed by atoms with Crippen molar-refractivity contribution in [2.45, 2.75) is 39.7 Å². The molecule has 0 spiro atoms. The molecule has 0 heterocycles. The molecule has 0 aliphatic heterocycles. The van der Waals surface area contributed by atoms with Gasteiger partial charge >= 0.3 is 5.97 Å². The Bertz CT molecular complexity index is 418. The number of hydrogen-bond acceptors (Lipinski definition) is 3. The van der Waals surface area contributed by atoms with Crippen molar-refractivity contribution in [1.82, 2.24) is 0 Å². The lowest BCUT2D eigenvalue weighted by atomic mass is 10.2. The summed E-state index contributed by atoms with van der Waals surface area (Å²) >= 11 is 0. The fourth-order valence-electron chi connectivity index (χ4n) is 1.59. The Kier molecular flexibility index (Phi) is 6.72. The molecule has 3 heteroatoms. The van der Waals surface area contributed by atoms with E-state index in [1.54, 1.807) is 14.0 Å². The van der Waals surface area contributed by atoms with E-state index < -0.39 is 0 Å². The van der Waals surface area contributed by atoms with Crippen LogP contribution >= 0.6 is 0 Å². The molecule has 1 rings (SSSR count). The molecule has 1 aromatic rings. The van der Waals surface area contributed by atoms with Crippen LogP contribution in [0.15, 0.2) is 35.9 Å². The maximum absolute atomic E-state index is 11.7. The molecule has 3 nitrogen and oxygen atoms in total. The van der Waals surface area contributed by atoms with Gasteiger partial charge in [0.15, 0.2) is 0 Å². The topological polar surface area (TPSA) is 35.5 Å². The first kappa shape index (κ1) is 15.3. The van der Waals surface area contributed by atoms with Crippen LogP contribution in [0.25, 0.3) is 0 Å². The third-order valence-electron chi connectivity index (χ3n) is 2.86. The van der Waals surface area contributed by atoms with E-state index in [4.69, 9.17) is 9.47 Å². The molecule has 0 saturated heterocycles. The van der Waals surface area contributed by atoms with E-state index in [0.29, 0.717) is 12.2 Å². The molecule has 0 N–H and O–H groups in total. The molecule has 104 valence electrons. The van der Waals surface area contributed by atoms with Crippen LogP contribution in [0.5, 0.6) is 5.75 Å². The van der Waals surface area contributed by atoms with Crippen molar-refractivity contribution >= 4 is 5.97 Å². The SMILES string of the molecule is CCCC/C=C(/C)C(=O)OCc1ccc(OC)cc1. The third kappa shape index (κ3) is 5.60. The Morgan fingerprint density at radius 1 is 1.26 bits per heavy atom. The quantitative estimate of drug-likeness (QED) is 0.425. The lowest BCUT2D eigenvalue weighted by molar-refractivity contribution is -0.140. The molecule has 0 saturated carbocycles. The highest BCUT2D eigenvalue weighted by Crippen LogP contribution is 2.12. The average Bonchev–Trinajstić information content (AvgIpc) is 2.45. The van der Waals surface area contributed by atoms with Gasteiger partial charge in [0.1, 0.15) is 12.4 Å². The van der Waals surface area contributed by atoms with Crippen molar-refractivity contribution in [2.75, 3.05) is 7.11 Å². The molecule has 0 fully saturated rings. The summed E-state index contributed by atoms with van der Waals surface area (Å²) in [5.74, 6) is 0.553. The van der Waals surface area contributed by atoms with E-state index in [2.05, 4.69) is 6.92 Å². The van der Waals surface area contributed by atoms with Gasteiger partial charge in [0.2, 0.25) is 0 Å².